The van der Waals surface area contributed by atoms with Gasteiger partial charge in [-0.2, -0.15) is 0 Å². The lowest BCUT2D eigenvalue weighted by atomic mass is 10.2. The predicted molar refractivity (Wildman–Crippen MR) is 99.6 cm³/mol. The first-order chi connectivity index (χ1) is 12.1. The van der Waals surface area contributed by atoms with Crippen molar-refractivity contribution in [1.29, 1.82) is 0 Å². The Kier molecular flexibility index (Phi) is 7.50. The highest BCUT2D eigenvalue weighted by Crippen LogP contribution is 2.15. The highest BCUT2D eigenvalue weighted by molar-refractivity contribution is 5.80. The summed E-state index contributed by atoms with van der Waals surface area (Å²) in [6.45, 7) is 10.6. The Morgan fingerprint density at radius 3 is 2.88 bits per heavy atom. The van der Waals surface area contributed by atoms with Gasteiger partial charge in [-0.25, -0.2) is 0 Å². The second-order valence-electron chi connectivity index (χ2n) is 6.12. The molecule has 0 amide bonds. The Bertz CT molecular complexity index is 660. The SMILES string of the molecule is CCCCN=C(NCCn1cnnc1CC)NC(C)c1ccc(C)o1. The average Bonchev–Trinajstić information content (AvgIpc) is 3.23. The van der Waals surface area contributed by atoms with Crippen molar-refractivity contribution in [2.24, 2.45) is 4.99 Å². The van der Waals surface area contributed by atoms with Gasteiger partial charge >= 0.3 is 0 Å². The molecule has 0 aliphatic rings. The first-order valence-corrected chi connectivity index (χ1v) is 9.11. The molecule has 2 aromatic rings. The summed E-state index contributed by atoms with van der Waals surface area (Å²) in [7, 11) is 0. The first kappa shape index (κ1) is 19.0. The minimum atomic E-state index is 0.0580. The number of aryl methyl sites for hydroxylation is 2. The van der Waals surface area contributed by atoms with Gasteiger partial charge in [0.15, 0.2) is 5.96 Å². The zero-order chi connectivity index (χ0) is 18.1. The molecular formula is C18H30N6O. The normalized spacial score (nSPS) is 13.0. The number of nitrogens with zero attached hydrogens (tertiary/aromatic N) is 4. The molecule has 7 heteroatoms. The smallest absolute Gasteiger partial charge is 0.191 e. The second kappa shape index (κ2) is 9.86. The highest BCUT2D eigenvalue weighted by atomic mass is 16.3. The highest BCUT2D eigenvalue weighted by Gasteiger charge is 2.11. The van der Waals surface area contributed by atoms with Crippen LogP contribution < -0.4 is 10.6 Å². The van der Waals surface area contributed by atoms with Crippen LogP contribution in [0.5, 0.6) is 0 Å². The lowest BCUT2D eigenvalue weighted by Gasteiger charge is -2.17. The Balaban J connectivity index is 1.92. The number of hydrogen-bond acceptors (Lipinski definition) is 4. The van der Waals surface area contributed by atoms with E-state index in [1.807, 2.05) is 19.1 Å². The molecule has 0 fully saturated rings. The molecule has 25 heavy (non-hydrogen) atoms. The molecule has 138 valence electrons. The van der Waals surface area contributed by atoms with E-state index in [9.17, 15) is 0 Å². The number of guanidine groups is 1. The van der Waals surface area contributed by atoms with Gasteiger partial charge in [0.25, 0.3) is 0 Å². The minimum Gasteiger partial charge on any atom is -0.464 e. The summed E-state index contributed by atoms with van der Waals surface area (Å²) in [4.78, 5) is 4.66. The molecule has 0 saturated carbocycles. The van der Waals surface area contributed by atoms with Crippen molar-refractivity contribution in [3.8, 4) is 0 Å². The minimum absolute atomic E-state index is 0.0580. The maximum absolute atomic E-state index is 5.70. The van der Waals surface area contributed by atoms with Gasteiger partial charge in [0.05, 0.1) is 6.04 Å². The van der Waals surface area contributed by atoms with Crippen molar-refractivity contribution >= 4 is 5.96 Å². The lowest BCUT2D eigenvalue weighted by Crippen LogP contribution is -2.40. The van der Waals surface area contributed by atoms with Crippen LogP contribution in [0.3, 0.4) is 0 Å². The number of nitrogens with one attached hydrogen (secondary N) is 2. The van der Waals surface area contributed by atoms with Crippen molar-refractivity contribution in [2.75, 3.05) is 13.1 Å². The molecule has 7 nitrogen and oxygen atoms in total. The summed E-state index contributed by atoms with van der Waals surface area (Å²) in [5.41, 5.74) is 0. The first-order valence-electron chi connectivity index (χ1n) is 9.11. The molecule has 2 heterocycles. The van der Waals surface area contributed by atoms with E-state index in [0.29, 0.717) is 0 Å². The van der Waals surface area contributed by atoms with Gasteiger partial charge in [0.1, 0.15) is 23.7 Å². The van der Waals surface area contributed by atoms with Crippen LogP contribution in [-0.4, -0.2) is 33.8 Å². The van der Waals surface area contributed by atoms with Crippen molar-refractivity contribution in [3.63, 3.8) is 0 Å². The van der Waals surface area contributed by atoms with Crippen LogP contribution in [0.15, 0.2) is 27.9 Å². The van der Waals surface area contributed by atoms with Crippen LogP contribution in [0.4, 0.5) is 0 Å². The predicted octanol–water partition coefficient (Wildman–Crippen LogP) is 2.84. The molecule has 0 aromatic carbocycles. The van der Waals surface area contributed by atoms with Crippen LogP contribution in [0.2, 0.25) is 0 Å². The van der Waals surface area contributed by atoms with Gasteiger partial charge in [-0.15, -0.1) is 10.2 Å². The molecule has 1 atom stereocenters. The fourth-order valence-corrected chi connectivity index (χ4v) is 2.50. The Hall–Kier alpha value is -2.31. The van der Waals surface area contributed by atoms with Crippen molar-refractivity contribution in [2.45, 2.75) is 59.5 Å². The molecule has 0 radical (unpaired) electrons. The van der Waals surface area contributed by atoms with Crippen LogP contribution in [0.25, 0.3) is 0 Å². The number of furan rings is 1. The van der Waals surface area contributed by atoms with Gasteiger partial charge in [-0.3, -0.25) is 4.99 Å². The largest absolute Gasteiger partial charge is 0.464 e. The zero-order valence-corrected chi connectivity index (χ0v) is 15.7. The van der Waals surface area contributed by atoms with Crippen molar-refractivity contribution in [3.05, 3.63) is 35.8 Å². The van der Waals surface area contributed by atoms with Crippen LogP contribution in [0, 0.1) is 6.92 Å². The lowest BCUT2D eigenvalue weighted by molar-refractivity contribution is 0.440. The summed E-state index contributed by atoms with van der Waals surface area (Å²) in [5, 5.41) is 14.9. The number of unbranched alkanes of at least 4 members (excludes halogenated alkanes) is 1. The van der Waals surface area contributed by atoms with Crippen molar-refractivity contribution < 1.29 is 4.42 Å². The van der Waals surface area contributed by atoms with E-state index >= 15 is 0 Å². The fraction of sp³-hybridized carbons (Fsp3) is 0.611. The monoisotopic (exact) mass is 346 g/mol. The summed E-state index contributed by atoms with van der Waals surface area (Å²) in [5.74, 6) is 3.63. The summed E-state index contributed by atoms with van der Waals surface area (Å²) >= 11 is 0. The third kappa shape index (κ3) is 5.92. The molecule has 0 saturated heterocycles. The quantitative estimate of drug-likeness (QED) is 0.415. The van der Waals surface area contributed by atoms with Gasteiger partial charge in [-0.05, 0) is 32.4 Å². The van der Waals surface area contributed by atoms with Crippen molar-refractivity contribution in [1.82, 2.24) is 25.4 Å². The molecule has 0 aliphatic carbocycles. The maximum Gasteiger partial charge on any atom is 0.191 e. The van der Waals surface area contributed by atoms with Gasteiger partial charge < -0.3 is 19.6 Å². The third-order valence-corrected chi connectivity index (χ3v) is 3.98. The fourth-order valence-electron chi connectivity index (χ4n) is 2.50. The Morgan fingerprint density at radius 2 is 2.20 bits per heavy atom. The number of aromatic nitrogens is 3. The van der Waals surface area contributed by atoms with E-state index in [1.54, 1.807) is 6.33 Å². The average molecular weight is 346 g/mol. The van der Waals surface area contributed by atoms with E-state index in [0.717, 1.165) is 62.2 Å². The van der Waals surface area contributed by atoms with Crippen LogP contribution in [0.1, 0.15) is 57.0 Å². The van der Waals surface area contributed by atoms with Gasteiger partial charge in [-0.1, -0.05) is 20.3 Å². The molecular weight excluding hydrogens is 316 g/mol. The topological polar surface area (TPSA) is 80.3 Å². The molecule has 0 aliphatic heterocycles. The maximum atomic E-state index is 5.70. The number of aliphatic imine (C=N–C) groups is 1. The van der Waals surface area contributed by atoms with E-state index in [2.05, 4.69) is 51.2 Å². The van der Waals surface area contributed by atoms with E-state index in [4.69, 9.17) is 4.42 Å². The molecule has 0 bridgehead atoms. The molecule has 2 N–H and O–H groups in total. The second-order valence-corrected chi connectivity index (χ2v) is 6.12. The standard InChI is InChI=1S/C18H30N6O/c1-5-7-10-19-18(22-15(4)16-9-8-14(3)25-16)20-11-12-24-13-21-23-17(24)6-2/h8-9,13,15H,5-7,10-12H2,1-4H3,(H2,19,20,22). The summed E-state index contributed by atoms with van der Waals surface area (Å²) in [6, 6.07) is 4.04. The molecule has 0 spiro atoms. The van der Waals surface area contributed by atoms with Crippen LogP contribution in [-0.2, 0) is 13.0 Å². The van der Waals surface area contributed by atoms with Crippen LogP contribution >= 0.6 is 0 Å². The van der Waals surface area contributed by atoms with E-state index < -0.39 is 0 Å². The third-order valence-electron chi connectivity index (χ3n) is 3.98. The number of hydrogen-bond donors (Lipinski definition) is 2. The number of rotatable bonds is 9. The molecule has 1 unspecified atom stereocenters. The molecule has 2 aromatic heterocycles. The van der Waals surface area contributed by atoms with Gasteiger partial charge in [0.2, 0.25) is 0 Å². The summed E-state index contributed by atoms with van der Waals surface area (Å²) in [6.07, 6.45) is 4.86. The summed E-state index contributed by atoms with van der Waals surface area (Å²) < 4.78 is 7.77. The van der Waals surface area contributed by atoms with Gasteiger partial charge in [0, 0.05) is 26.1 Å². The molecule has 2 rings (SSSR count). The van der Waals surface area contributed by atoms with E-state index in [1.165, 1.54) is 0 Å². The van der Waals surface area contributed by atoms with E-state index in [-0.39, 0.29) is 6.04 Å². The Morgan fingerprint density at radius 1 is 1.36 bits per heavy atom. The Labute approximate surface area is 149 Å². The zero-order valence-electron chi connectivity index (χ0n) is 15.7.